The highest BCUT2D eigenvalue weighted by molar-refractivity contribution is 4.48. The lowest BCUT2D eigenvalue weighted by molar-refractivity contribution is 0.0117. The van der Waals surface area contributed by atoms with Crippen LogP contribution in [0.4, 0.5) is 0 Å². The fourth-order valence-electron chi connectivity index (χ4n) is 0.553. The van der Waals surface area contributed by atoms with Crippen LogP contribution in [0.25, 0.3) is 0 Å². The number of ether oxygens (including phenoxy) is 3. The minimum atomic E-state index is 0.0426. The summed E-state index contributed by atoms with van der Waals surface area (Å²) in [6.45, 7) is 8.06. The van der Waals surface area contributed by atoms with E-state index in [1.165, 1.54) is 0 Å². The summed E-state index contributed by atoms with van der Waals surface area (Å²) < 4.78 is 15.1. The number of rotatable bonds is 7. The van der Waals surface area contributed by atoms with Crippen molar-refractivity contribution in [3.63, 3.8) is 0 Å². The maximum absolute atomic E-state index is 5.15. The molecule has 3 heteroatoms. The van der Waals surface area contributed by atoms with Crippen LogP contribution in [0.15, 0.2) is 0 Å². The van der Waals surface area contributed by atoms with E-state index in [1.54, 1.807) is 7.11 Å². The average Bonchev–Trinajstić information content (AvgIpc) is 1.96. The number of methoxy groups -OCH3 is 1. The van der Waals surface area contributed by atoms with Crippen molar-refractivity contribution >= 4 is 0 Å². The van der Waals surface area contributed by atoms with Crippen molar-refractivity contribution in [3.8, 4) is 0 Å². The maximum atomic E-state index is 5.15. The standard InChI is InChI=1S/C8H17O3/c1-8(2)11-7-6-10-5-4-9-3/h8H,1,4-7H2,2-3H3. The smallest absolute Gasteiger partial charge is 0.0704 e. The molecule has 0 bridgehead atoms. The van der Waals surface area contributed by atoms with Crippen LogP contribution < -0.4 is 0 Å². The third kappa shape index (κ3) is 9.88. The fourth-order valence-corrected chi connectivity index (χ4v) is 0.553. The molecule has 0 aliphatic rings. The van der Waals surface area contributed by atoms with Gasteiger partial charge in [-0.25, -0.2) is 0 Å². The summed E-state index contributed by atoms with van der Waals surface area (Å²) in [5.41, 5.74) is 0. The topological polar surface area (TPSA) is 27.7 Å². The summed E-state index contributed by atoms with van der Waals surface area (Å²) in [7, 11) is 1.65. The summed E-state index contributed by atoms with van der Waals surface area (Å²) in [5.74, 6) is 0. The predicted molar refractivity (Wildman–Crippen MR) is 43.5 cm³/mol. The van der Waals surface area contributed by atoms with E-state index in [-0.39, 0.29) is 6.10 Å². The Balaban J connectivity index is 2.80. The Morgan fingerprint density at radius 1 is 1.18 bits per heavy atom. The Morgan fingerprint density at radius 2 is 1.82 bits per heavy atom. The molecule has 0 aliphatic heterocycles. The van der Waals surface area contributed by atoms with Crippen LogP contribution in [0.5, 0.6) is 0 Å². The van der Waals surface area contributed by atoms with Crippen molar-refractivity contribution in [2.45, 2.75) is 13.0 Å². The Bertz CT molecular complexity index is 73.7. The first-order valence-corrected chi connectivity index (χ1v) is 3.78. The Hall–Kier alpha value is -0.120. The van der Waals surface area contributed by atoms with Gasteiger partial charge in [0.25, 0.3) is 0 Å². The summed E-state index contributed by atoms with van der Waals surface area (Å²) in [5, 5.41) is 0. The molecule has 0 saturated carbocycles. The van der Waals surface area contributed by atoms with Gasteiger partial charge in [-0.05, 0) is 13.8 Å². The molecule has 3 nitrogen and oxygen atoms in total. The SMILES string of the molecule is [CH2]C(C)OCCOCCOC. The summed E-state index contributed by atoms with van der Waals surface area (Å²) in [4.78, 5) is 0. The Labute approximate surface area is 68.6 Å². The molecule has 0 heterocycles. The fraction of sp³-hybridized carbons (Fsp3) is 0.875. The molecule has 0 aromatic carbocycles. The van der Waals surface area contributed by atoms with E-state index in [1.807, 2.05) is 6.92 Å². The first kappa shape index (κ1) is 10.9. The van der Waals surface area contributed by atoms with E-state index in [2.05, 4.69) is 6.92 Å². The Morgan fingerprint density at radius 3 is 2.36 bits per heavy atom. The van der Waals surface area contributed by atoms with Crippen molar-refractivity contribution in [2.24, 2.45) is 0 Å². The van der Waals surface area contributed by atoms with Gasteiger partial charge in [-0.15, -0.1) is 0 Å². The first-order valence-electron chi connectivity index (χ1n) is 3.78. The number of hydrogen-bond donors (Lipinski definition) is 0. The van der Waals surface area contributed by atoms with E-state index in [0.717, 1.165) is 0 Å². The normalized spacial score (nSPS) is 10.9. The maximum Gasteiger partial charge on any atom is 0.0704 e. The summed E-state index contributed by atoms with van der Waals surface area (Å²) >= 11 is 0. The van der Waals surface area contributed by atoms with Crippen LogP contribution >= 0.6 is 0 Å². The highest BCUT2D eigenvalue weighted by Crippen LogP contribution is 1.86. The van der Waals surface area contributed by atoms with E-state index in [9.17, 15) is 0 Å². The molecular formula is C8H17O3. The van der Waals surface area contributed by atoms with Crippen molar-refractivity contribution in [3.05, 3.63) is 6.92 Å². The summed E-state index contributed by atoms with van der Waals surface area (Å²) in [6, 6.07) is 0. The van der Waals surface area contributed by atoms with E-state index < -0.39 is 0 Å². The van der Waals surface area contributed by atoms with Crippen molar-refractivity contribution in [1.29, 1.82) is 0 Å². The largest absolute Gasteiger partial charge is 0.382 e. The second-order valence-electron chi connectivity index (χ2n) is 2.29. The second-order valence-corrected chi connectivity index (χ2v) is 2.29. The highest BCUT2D eigenvalue weighted by atomic mass is 16.5. The second kappa shape index (κ2) is 7.98. The zero-order valence-electron chi connectivity index (χ0n) is 7.34. The molecule has 1 atom stereocenters. The molecule has 0 rings (SSSR count). The molecule has 67 valence electrons. The Kier molecular flexibility index (Phi) is 7.89. The van der Waals surface area contributed by atoms with Crippen LogP contribution in [0.1, 0.15) is 6.92 Å². The quantitative estimate of drug-likeness (QED) is 0.519. The van der Waals surface area contributed by atoms with Crippen LogP contribution in [0, 0.1) is 6.92 Å². The zero-order valence-corrected chi connectivity index (χ0v) is 7.34. The van der Waals surface area contributed by atoms with Gasteiger partial charge in [-0.1, -0.05) is 0 Å². The number of hydrogen-bond acceptors (Lipinski definition) is 3. The molecule has 0 spiro atoms. The lowest BCUT2D eigenvalue weighted by Gasteiger charge is -2.07. The lowest BCUT2D eigenvalue weighted by atomic mass is 10.5. The van der Waals surface area contributed by atoms with E-state index in [0.29, 0.717) is 26.4 Å². The van der Waals surface area contributed by atoms with Gasteiger partial charge in [0.15, 0.2) is 0 Å². The lowest BCUT2D eigenvalue weighted by Crippen LogP contribution is -2.11. The third-order valence-corrected chi connectivity index (χ3v) is 1.06. The van der Waals surface area contributed by atoms with Crippen LogP contribution in [-0.4, -0.2) is 39.6 Å². The molecular weight excluding hydrogens is 144 g/mol. The minimum Gasteiger partial charge on any atom is -0.382 e. The monoisotopic (exact) mass is 161 g/mol. The molecule has 11 heavy (non-hydrogen) atoms. The van der Waals surface area contributed by atoms with Gasteiger partial charge < -0.3 is 14.2 Å². The van der Waals surface area contributed by atoms with Crippen molar-refractivity contribution in [1.82, 2.24) is 0 Å². The van der Waals surface area contributed by atoms with Gasteiger partial charge in [0.1, 0.15) is 0 Å². The van der Waals surface area contributed by atoms with E-state index >= 15 is 0 Å². The van der Waals surface area contributed by atoms with Gasteiger partial charge in [-0.3, -0.25) is 0 Å². The highest BCUT2D eigenvalue weighted by Gasteiger charge is 1.92. The summed E-state index contributed by atoms with van der Waals surface area (Å²) in [6.07, 6.45) is 0.0426. The molecule has 0 saturated heterocycles. The molecule has 0 amide bonds. The van der Waals surface area contributed by atoms with Gasteiger partial charge >= 0.3 is 0 Å². The van der Waals surface area contributed by atoms with Gasteiger partial charge in [0.2, 0.25) is 0 Å². The predicted octanol–water partition coefficient (Wildman–Crippen LogP) is 0.889. The molecule has 1 radical (unpaired) electrons. The van der Waals surface area contributed by atoms with Gasteiger partial charge in [0.05, 0.1) is 32.5 Å². The molecule has 0 N–H and O–H groups in total. The van der Waals surface area contributed by atoms with Crippen molar-refractivity contribution < 1.29 is 14.2 Å². The molecule has 1 unspecified atom stereocenters. The third-order valence-electron chi connectivity index (χ3n) is 1.06. The van der Waals surface area contributed by atoms with Crippen LogP contribution in [0.3, 0.4) is 0 Å². The van der Waals surface area contributed by atoms with Crippen LogP contribution in [0.2, 0.25) is 0 Å². The molecule has 0 fully saturated rings. The average molecular weight is 161 g/mol. The van der Waals surface area contributed by atoms with Gasteiger partial charge in [-0.2, -0.15) is 0 Å². The molecule has 0 aliphatic carbocycles. The zero-order chi connectivity index (χ0) is 8.53. The van der Waals surface area contributed by atoms with Crippen LogP contribution in [-0.2, 0) is 14.2 Å². The van der Waals surface area contributed by atoms with E-state index in [4.69, 9.17) is 14.2 Å². The van der Waals surface area contributed by atoms with Crippen molar-refractivity contribution in [2.75, 3.05) is 33.5 Å². The molecule has 0 aromatic rings. The first-order chi connectivity index (χ1) is 5.27. The van der Waals surface area contributed by atoms with Gasteiger partial charge in [0, 0.05) is 7.11 Å². The molecule has 0 aromatic heterocycles. The minimum absolute atomic E-state index is 0.0426.